The molecule has 17 heavy (non-hydrogen) atoms. The minimum Gasteiger partial charge on any atom is -0.381 e. The third-order valence-corrected chi connectivity index (χ3v) is 4.02. The number of benzene rings is 1. The molecule has 3 rings (SSSR count). The van der Waals surface area contributed by atoms with Crippen LogP contribution in [0.2, 0.25) is 0 Å². The van der Waals surface area contributed by atoms with Gasteiger partial charge in [-0.25, -0.2) is 0 Å². The van der Waals surface area contributed by atoms with Crippen molar-refractivity contribution in [2.24, 2.45) is 0 Å². The van der Waals surface area contributed by atoms with Gasteiger partial charge in [0, 0.05) is 18.6 Å². The summed E-state index contributed by atoms with van der Waals surface area (Å²) in [6.07, 6.45) is 5.15. The van der Waals surface area contributed by atoms with Gasteiger partial charge in [-0.15, -0.1) is 0 Å². The van der Waals surface area contributed by atoms with Gasteiger partial charge in [0.15, 0.2) is 0 Å². The van der Waals surface area contributed by atoms with E-state index in [1.165, 1.54) is 43.4 Å². The molecule has 0 spiro atoms. The van der Waals surface area contributed by atoms with Crippen LogP contribution in [0.25, 0.3) is 0 Å². The van der Waals surface area contributed by atoms with Crippen molar-refractivity contribution in [3.05, 3.63) is 35.4 Å². The third-order valence-electron chi connectivity index (χ3n) is 4.02. The molecule has 2 unspecified atom stereocenters. The fourth-order valence-corrected chi connectivity index (χ4v) is 2.96. The molecule has 0 saturated carbocycles. The molecule has 0 aliphatic carbocycles. The highest BCUT2D eigenvalue weighted by Gasteiger charge is 2.20. The lowest BCUT2D eigenvalue weighted by Gasteiger charge is -2.24. The van der Waals surface area contributed by atoms with Gasteiger partial charge in [0.05, 0.1) is 6.61 Å². The SMILES string of the molecule is c1cc(C2CCOC2)cc(C2CCCCN2)c1. The summed E-state index contributed by atoms with van der Waals surface area (Å²) in [4.78, 5) is 0. The van der Waals surface area contributed by atoms with Gasteiger partial charge in [0.2, 0.25) is 0 Å². The Morgan fingerprint density at radius 2 is 2.06 bits per heavy atom. The van der Waals surface area contributed by atoms with Crippen LogP contribution < -0.4 is 5.32 Å². The minimum atomic E-state index is 0.575. The zero-order chi connectivity index (χ0) is 11.5. The van der Waals surface area contributed by atoms with E-state index in [1.807, 2.05) is 0 Å². The summed E-state index contributed by atoms with van der Waals surface area (Å²) in [6, 6.07) is 9.70. The Kier molecular flexibility index (Phi) is 3.44. The smallest absolute Gasteiger partial charge is 0.0535 e. The van der Waals surface area contributed by atoms with E-state index < -0.39 is 0 Å². The van der Waals surface area contributed by atoms with Crippen molar-refractivity contribution in [2.75, 3.05) is 19.8 Å². The zero-order valence-corrected chi connectivity index (χ0v) is 10.3. The Balaban J connectivity index is 1.77. The molecule has 0 aromatic heterocycles. The van der Waals surface area contributed by atoms with Crippen LogP contribution in [0, 0.1) is 0 Å². The summed E-state index contributed by atoms with van der Waals surface area (Å²) in [5.74, 6) is 0.624. The summed E-state index contributed by atoms with van der Waals surface area (Å²) in [7, 11) is 0. The Bertz CT molecular complexity index is 365. The van der Waals surface area contributed by atoms with Gasteiger partial charge < -0.3 is 10.1 Å². The molecule has 2 heteroatoms. The van der Waals surface area contributed by atoms with Crippen LogP contribution in [0.4, 0.5) is 0 Å². The standard InChI is InChI=1S/C15H21NO/c1-2-8-16-15(6-1)13-5-3-4-12(10-13)14-7-9-17-11-14/h3-5,10,14-16H,1-2,6-9,11H2. The molecule has 0 amide bonds. The molecule has 92 valence electrons. The molecule has 1 aromatic rings. The number of rotatable bonds is 2. The highest BCUT2D eigenvalue weighted by molar-refractivity contribution is 5.29. The van der Waals surface area contributed by atoms with Crippen LogP contribution in [-0.4, -0.2) is 19.8 Å². The van der Waals surface area contributed by atoms with E-state index in [9.17, 15) is 0 Å². The molecule has 2 fully saturated rings. The maximum atomic E-state index is 5.48. The van der Waals surface area contributed by atoms with E-state index in [-0.39, 0.29) is 0 Å². The van der Waals surface area contributed by atoms with Crippen LogP contribution in [0.3, 0.4) is 0 Å². The Labute approximate surface area is 103 Å². The van der Waals surface area contributed by atoms with Crippen LogP contribution in [0.1, 0.15) is 48.8 Å². The van der Waals surface area contributed by atoms with Gasteiger partial charge >= 0.3 is 0 Å². The van der Waals surface area contributed by atoms with Crippen molar-refractivity contribution < 1.29 is 4.74 Å². The number of nitrogens with one attached hydrogen (secondary N) is 1. The molecule has 1 aromatic carbocycles. The largest absolute Gasteiger partial charge is 0.381 e. The Morgan fingerprint density at radius 1 is 1.12 bits per heavy atom. The Hall–Kier alpha value is -0.860. The molecule has 0 radical (unpaired) electrons. The summed E-state index contributed by atoms with van der Waals surface area (Å²) in [6.45, 7) is 3.00. The lowest BCUT2D eigenvalue weighted by Crippen LogP contribution is -2.26. The highest BCUT2D eigenvalue weighted by atomic mass is 16.5. The van der Waals surface area contributed by atoms with Crippen molar-refractivity contribution in [1.29, 1.82) is 0 Å². The van der Waals surface area contributed by atoms with Crippen molar-refractivity contribution in [1.82, 2.24) is 5.32 Å². The molecule has 2 heterocycles. The fraction of sp³-hybridized carbons (Fsp3) is 0.600. The second-order valence-corrected chi connectivity index (χ2v) is 5.23. The second-order valence-electron chi connectivity index (χ2n) is 5.23. The van der Waals surface area contributed by atoms with Crippen molar-refractivity contribution >= 4 is 0 Å². The fourth-order valence-electron chi connectivity index (χ4n) is 2.96. The predicted octanol–water partition coefficient (Wildman–Crippen LogP) is 3.01. The van der Waals surface area contributed by atoms with Gasteiger partial charge in [0.1, 0.15) is 0 Å². The van der Waals surface area contributed by atoms with E-state index in [4.69, 9.17) is 4.74 Å². The van der Waals surface area contributed by atoms with E-state index in [0.29, 0.717) is 12.0 Å². The number of piperidine rings is 1. The van der Waals surface area contributed by atoms with Crippen LogP contribution in [0.5, 0.6) is 0 Å². The first-order valence-electron chi connectivity index (χ1n) is 6.84. The minimum absolute atomic E-state index is 0.575. The van der Waals surface area contributed by atoms with E-state index in [2.05, 4.69) is 29.6 Å². The van der Waals surface area contributed by atoms with Gasteiger partial charge in [-0.2, -0.15) is 0 Å². The molecule has 0 bridgehead atoms. The Morgan fingerprint density at radius 3 is 2.82 bits per heavy atom. The summed E-state index contributed by atoms with van der Waals surface area (Å²) in [5, 5.41) is 3.62. The molecule has 2 aliphatic heterocycles. The molecule has 1 N–H and O–H groups in total. The topological polar surface area (TPSA) is 21.3 Å². The van der Waals surface area contributed by atoms with Crippen LogP contribution >= 0.6 is 0 Å². The monoisotopic (exact) mass is 231 g/mol. The van der Waals surface area contributed by atoms with E-state index in [1.54, 1.807) is 0 Å². The zero-order valence-electron chi connectivity index (χ0n) is 10.3. The summed E-state index contributed by atoms with van der Waals surface area (Å²) < 4.78 is 5.48. The molecule has 2 saturated heterocycles. The average molecular weight is 231 g/mol. The van der Waals surface area contributed by atoms with Gasteiger partial charge in [-0.3, -0.25) is 0 Å². The average Bonchev–Trinajstić information content (AvgIpc) is 2.94. The first kappa shape index (κ1) is 11.2. The molecule has 2 nitrogen and oxygen atoms in total. The first-order valence-corrected chi connectivity index (χ1v) is 6.84. The van der Waals surface area contributed by atoms with Crippen LogP contribution in [-0.2, 0) is 4.74 Å². The normalized spacial score (nSPS) is 29.4. The molecular weight excluding hydrogens is 210 g/mol. The predicted molar refractivity (Wildman–Crippen MR) is 69.2 cm³/mol. The highest BCUT2D eigenvalue weighted by Crippen LogP contribution is 2.29. The van der Waals surface area contributed by atoms with E-state index >= 15 is 0 Å². The maximum Gasteiger partial charge on any atom is 0.0535 e. The quantitative estimate of drug-likeness (QED) is 0.845. The van der Waals surface area contributed by atoms with Crippen molar-refractivity contribution in [2.45, 2.75) is 37.6 Å². The van der Waals surface area contributed by atoms with Gasteiger partial charge in [-0.1, -0.05) is 30.7 Å². The third kappa shape index (κ3) is 2.53. The van der Waals surface area contributed by atoms with Crippen molar-refractivity contribution in [3.8, 4) is 0 Å². The summed E-state index contributed by atoms with van der Waals surface area (Å²) >= 11 is 0. The summed E-state index contributed by atoms with van der Waals surface area (Å²) in [5.41, 5.74) is 2.93. The second kappa shape index (κ2) is 5.19. The lowest BCUT2D eigenvalue weighted by molar-refractivity contribution is 0.194. The lowest BCUT2D eigenvalue weighted by atomic mass is 9.92. The number of ether oxygens (including phenoxy) is 1. The van der Waals surface area contributed by atoms with Gasteiger partial charge in [-0.05, 0) is 36.9 Å². The first-order chi connectivity index (χ1) is 8.43. The van der Waals surface area contributed by atoms with Crippen molar-refractivity contribution in [3.63, 3.8) is 0 Å². The van der Waals surface area contributed by atoms with Crippen LogP contribution in [0.15, 0.2) is 24.3 Å². The molecular formula is C15H21NO. The maximum absolute atomic E-state index is 5.48. The van der Waals surface area contributed by atoms with E-state index in [0.717, 1.165) is 13.2 Å². The number of hydrogen-bond donors (Lipinski definition) is 1. The molecule has 2 aliphatic rings. The number of hydrogen-bond acceptors (Lipinski definition) is 2. The molecule has 2 atom stereocenters. The van der Waals surface area contributed by atoms with Gasteiger partial charge in [0.25, 0.3) is 0 Å².